The van der Waals surface area contributed by atoms with Gasteiger partial charge in [-0.1, -0.05) is 29.8 Å². The number of aliphatic hydroxyl groups excluding tert-OH is 1. The van der Waals surface area contributed by atoms with Crippen LogP contribution in [0.4, 0.5) is 0 Å². The minimum absolute atomic E-state index is 0.313. The molecule has 0 amide bonds. The average Bonchev–Trinajstić information content (AvgIpc) is 2.29. The predicted molar refractivity (Wildman–Crippen MR) is 61.7 cm³/mol. The summed E-state index contributed by atoms with van der Waals surface area (Å²) in [6.07, 6.45) is 2.26. The molecular formula is C13H19NO. The lowest BCUT2D eigenvalue weighted by Gasteiger charge is -2.29. The Hall–Kier alpha value is -0.860. The minimum Gasteiger partial charge on any atom is -0.396 e. The van der Waals surface area contributed by atoms with E-state index in [1.54, 1.807) is 0 Å². The number of nitrogens with one attached hydrogen (secondary N) is 1. The summed E-state index contributed by atoms with van der Waals surface area (Å²) in [4.78, 5) is 0. The molecule has 2 N–H and O–H groups in total. The van der Waals surface area contributed by atoms with Gasteiger partial charge in [-0.3, -0.25) is 0 Å². The van der Waals surface area contributed by atoms with Gasteiger partial charge in [0.05, 0.1) is 0 Å². The van der Waals surface area contributed by atoms with E-state index in [1.165, 1.54) is 11.1 Å². The second-order valence-electron chi connectivity index (χ2n) is 4.50. The molecule has 1 aliphatic heterocycles. The lowest BCUT2D eigenvalue weighted by atomic mass is 9.91. The second kappa shape index (κ2) is 4.77. The van der Waals surface area contributed by atoms with Crippen molar-refractivity contribution in [2.24, 2.45) is 5.92 Å². The van der Waals surface area contributed by atoms with Crippen molar-refractivity contribution >= 4 is 0 Å². The number of aryl methyl sites for hydroxylation is 1. The highest BCUT2D eigenvalue weighted by atomic mass is 16.3. The molecule has 1 fully saturated rings. The average molecular weight is 205 g/mol. The third-order valence-corrected chi connectivity index (χ3v) is 3.22. The summed E-state index contributed by atoms with van der Waals surface area (Å²) in [7, 11) is 0. The summed E-state index contributed by atoms with van der Waals surface area (Å²) in [5, 5.41) is 12.6. The standard InChI is InChI=1S/C13H19NO/c1-10-3-2-4-12(7-10)13-6-5-11(9-15)8-14-13/h2-4,7,11,13-15H,5-6,8-9H2,1H3. The van der Waals surface area contributed by atoms with Gasteiger partial charge in [0.25, 0.3) is 0 Å². The maximum absolute atomic E-state index is 9.05. The molecular weight excluding hydrogens is 186 g/mol. The number of rotatable bonds is 2. The molecule has 0 radical (unpaired) electrons. The Morgan fingerprint density at radius 2 is 2.27 bits per heavy atom. The van der Waals surface area contributed by atoms with E-state index in [0.29, 0.717) is 18.6 Å². The summed E-state index contributed by atoms with van der Waals surface area (Å²) in [5.74, 6) is 0.450. The third kappa shape index (κ3) is 2.58. The van der Waals surface area contributed by atoms with E-state index in [9.17, 15) is 0 Å². The van der Waals surface area contributed by atoms with Crippen LogP contribution < -0.4 is 5.32 Å². The van der Waals surface area contributed by atoms with E-state index in [-0.39, 0.29) is 0 Å². The van der Waals surface area contributed by atoms with Crippen LogP contribution in [-0.2, 0) is 0 Å². The first-order valence-corrected chi connectivity index (χ1v) is 5.70. The molecule has 0 bridgehead atoms. The van der Waals surface area contributed by atoms with Gasteiger partial charge in [0.1, 0.15) is 0 Å². The zero-order valence-electron chi connectivity index (χ0n) is 9.24. The maximum Gasteiger partial charge on any atom is 0.0471 e. The van der Waals surface area contributed by atoms with Gasteiger partial charge < -0.3 is 10.4 Å². The predicted octanol–water partition coefficient (Wildman–Crippen LogP) is 2.03. The Balaban J connectivity index is 2.01. The summed E-state index contributed by atoms with van der Waals surface area (Å²) in [6, 6.07) is 9.15. The van der Waals surface area contributed by atoms with Gasteiger partial charge >= 0.3 is 0 Å². The molecule has 2 nitrogen and oxygen atoms in total. The monoisotopic (exact) mass is 205 g/mol. The maximum atomic E-state index is 9.05. The highest BCUT2D eigenvalue weighted by molar-refractivity contribution is 5.25. The molecule has 0 aliphatic carbocycles. The van der Waals surface area contributed by atoms with Crippen LogP contribution in [0.25, 0.3) is 0 Å². The van der Waals surface area contributed by atoms with E-state index >= 15 is 0 Å². The molecule has 2 heteroatoms. The number of aliphatic hydroxyl groups is 1. The molecule has 0 saturated carbocycles. The largest absolute Gasteiger partial charge is 0.396 e. The normalized spacial score (nSPS) is 26.5. The molecule has 1 heterocycles. The lowest BCUT2D eigenvalue weighted by Crippen LogP contribution is -2.34. The zero-order chi connectivity index (χ0) is 10.7. The highest BCUT2D eigenvalue weighted by Crippen LogP contribution is 2.25. The summed E-state index contributed by atoms with van der Waals surface area (Å²) >= 11 is 0. The Morgan fingerprint density at radius 3 is 2.87 bits per heavy atom. The van der Waals surface area contributed by atoms with Gasteiger partial charge in [-0.2, -0.15) is 0 Å². The van der Waals surface area contributed by atoms with E-state index < -0.39 is 0 Å². The summed E-state index contributed by atoms with van der Waals surface area (Å²) < 4.78 is 0. The molecule has 0 spiro atoms. The molecule has 2 unspecified atom stereocenters. The van der Waals surface area contributed by atoms with Crippen LogP contribution in [0.3, 0.4) is 0 Å². The molecule has 2 atom stereocenters. The number of piperidine rings is 1. The first-order chi connectivity index (χ1) is 7.29. The highest BCUT2D eigenvalue weighted by Gasteiger charge is 2.20. The number of hydrogen-bond donors (Lipinski definition) is 2. The van der Waals surface area contributed by atoms with Crippen LogP contribution in [0.1, 0.15) is 30.0 Å². The van der Waals surface area contributed by atoms with Crippen LogP contribution in [0.2, 0.25) is 0 Å². The van der Waals surface area contributed by atoms with Gasteiger partial charge in [0.15, 0.2) is 0 Å². The van der Waals surface area contributed by atoms with Crippen LogP contribution in [-0.4, -0.2) is 18.3 Å². The zero-order valence-corrected chi connectivity index (χ0v) is 9.24. The van der Waals surface area contributed by atoms with E-state index in [0.717, 1.165) is 19.4 Å². The van der Waals surface area contributed by atoms with Crippen molar-refractivity contribution in [1.82, 2.24) is 5.32 Å². The summed E-state index contributed by atoms with van der Waals surface area (Å²) in [6.45, 7) is 3.38. The third-order valence-electron chi connectivity index (χ3n) is 3.22. The molecule has 2 rings (SSSR count). The van der Waals surface area contributed by atoms with Gasteiger partial charge in [0.2, 0.25) is 0 Å². The number of benzene rings is 1. The Bertz CT molecular complexity index is 316. The van der Waals surface area contributed by atoms with Crippen LogP contribution in [0.5, 0.6) is 0 Å². The second-order valence-corrected chi connectivity index (χ2v) is 4.50. The van der Waals surface area contributed by atoms with Crippen molar-refractivity contribution in [3.05, 3.63) is 35.4 Å². The molecule has 15 heavy (non-hydrogen) atoms. The van der Waals surface area contributed by atoms with Gasteiger partial charge in [-0.15, -0.1) is 0 Å². The first kappa shape index (κ1) is 10.7. The first-order valence-electron chi connectivity index (χ1n) is 5.70. The van der Waals surface area contributed by atoms with Gasteiger partial charge in [-0.25, -0.2) is 0 Å². The fourth-order valence-electron chi connectivity index (χ4n) is 2.24. The van der Waals surface area contributed by atoms with Crippen LogP contribution in [0.15, 0.2) is 24.3 Å². The smallest absolute Gasteiger partial charge is 0.0471 e. The molecule has 82 valence electrons. The van der Waals surface area contributed by atoms with Crippen molar-refractivity contribution in [2.75, 3.05) is 13.2 Å². The van der Waals surface area contributed by atoms with Gasteiger partial charge in [0, 0.05) is 19.2 Å². The van der Waals surface area contributed by atoms with Crippen LogP contribution in [0, 0.1) is 12.8 Å². The molecule has 1 aliphatic rings. The van der Waals surface area contributed by atoms with E-state index in [2.05, 4.69) is 36.5 Å². The fourth-order valence-corrected chi connectivity index (χ4v) is 2.24. The minimum atomic E-state index is 0.313. The Morgan fingerprint density at radius 1 is 1.40 bits per heavy atom. The molecule has 1 aromatic carbocycles. The van der Waals surface area contributed by atoms with Crippen molar-refractivity contribution in [1.29, 1.82) is 0 Å². The van der Waals surface area contributed by atoms with Crippen molar-refractivity contribution < 1.29 is 5.11 Å². The van der Waals surface area contributed by atoms with Gasteiger partial charge in [-0.05, 0) is 31.2 Å². The van der Waals surface area contributed by atoms with Crippen LogP contribution >= 0.6 is 0 Å². The quantitative estimate of drug-likeness (QED) is 0.774. The van der Waals surface area contributed by atoms with Crippen molar-refractivity contribution in [2.45, 2.75) is 25.8 Å². The molecule has 1 aromatic rings. The van der Waals surface area contributed by atoms with Crippen molar-refractivity contribution in [3.63, 3.8) is 0 Å². The molecule has 1 saturated heterocycles. The topological polar surface area (TPSA) is 32.3 Å². The Labute approximate surface area is 91.3 Å². The van der Waals surface area contributed by atoms with E-state index in [1.807, 2.05) is 0 Å². The Kier molecular flexibility index (Phi) is 3.39. The molecule has 0 aromatic heterocycles. The fraction of sp³-hybridized carbons (Fsp3) is 0.538. The summed E-state index contributed by atoms with van der Waals surface area (Å²) in [5.41, 5.74) is 2.70. The van der Waals surface area contributed by atoms with Crippen molar-refractivity contribution in [3.8, 4) is 0 Å². The SMILES string of the molecule is Cc1cccc(C2CCC(CO)CN2)c1. The lowest BCUT2D eigenvalue weighted by molar-refractivity contribution is 0.184. The number of hydrogen-bond acceptors (Lipinski definition) is 2. The van der Waals surface area contributed by atoms with E-state index in [4.69, 9.17) is 5.11 Å².